The molecule has 0 bridgehead atoms. The fourth-order valence-electron chi connectivity index (χ4n) is 6.02. The molecule has 1 atom stereocenters. The molecule has 9 heteroatoms. The zero-order valence-electron chi connectivity index (χ0n) is 26.2. The summed E-state index contributed by atoms with van der Waals surface area (Å²) in [5, 5.41) is 5.11. The Morgan fingerprint density at radius 1 is 1.02 bits per heavy atom. The number of carbonyl (C=O) groups excluding carboxylic acids is 1. The third-order valence-electron chi connectivity index (χ3n) is 8.01. The third kappa shape index (κ3) is 5.57. The van der Waals surface area contributed by atoms with Crippen LogP contribution in [0.4, 0.5) is 8.78 Å². The molecule has 0 spiro atoms. The molecule has 0 aliphatic carbocycles. The van der Waals surface area contributed by atoms with Crippen LogP contribution in [0.25, 0.3) is 39.3 Å². The van der Waals surface area contributed by atoms with E-state index < -0.39 is 23.5 Å². The van der Waals surface area contributed by atoms with E-state index in [1.165, 1.54) is 25.3 Å². The Morgan fingerprint density at radius 2 is 1.73 bits per heavy atom. The molecule has 6 rings (SSSR count). The largest absolute Gasteiger partial charge is 0.490 e. The molecular weight excluding hydrogens is 576 g/mol. The van der Waals surface area contributed by atoms with Crippen molar-refractivity contribution in [2.24, 2.45) is 0 Å². The monoisotopic (exact) mass is 611 g/mol. The summed E-state index contributed by atoms with van der Waals surface area (Å²) in [5.41, 5.74) is 5.94. The first-order valence-corrected chi connectivity index (χ1v) is 14.9. The SMILES string of the molecule is COC(=O)C(OC(C)(C)C)c1c(C)nc2c(-c3ccc(F)cc3)c(-c3ccccc3)nn2c1-c1cc(F)c2c(c1C)CCCO2. The van der Waals surface area contributed by atoms with Crippen LogP contribution in [0.5, 0.6) is 5.75 Å². The molecule has 1 aliphatic heterocycles. The predicted molar refractivity (Wildman–Crippen MR) is 168 cm³/mol. The Morgan fingerprint density at radius 3 is 2.40 bits per heavy atom. The molecular formula is C36H35F2N3O4. The Bertz CT molecular complexity index is 1910. The summed E-state index contributed by atoms with van der Waals surface area (Å²) in [5.74, 6) is -1.24. The number of carbonyl (C=O) groups is 1. The Kier molecular flexibility index (Phi) is 7.91. The number of halogens is 2. The van der Waals surface area contributed by atoms with Gasteiger partial charge < -0.3 is 14.2 Å². The highest BCUT2D eigenvalue weighted by Gasteiger charge is 2.36. The van der Waals surface area contributed by atoms with Crippen LogP contribution in [0.15, 0.2) is 60.7 Å². The van der Waals surface area contributed by atoms with Crippen molar-refractivity contribution in [3.63, 3.8) is 0 Å². The highest BCUT2D eigenvalue weighted by atomic mass is 19.1. The normalized spacial score (nSPS) is 13.8. The molecule has 0 fully saturated rings. The van der Waals surface area contributed by atoms with E-state index >= 15 is 4.39 Å². The zero-order chi connectivity index (χ0) is 32.0. The van der Waals surface area contributed by atoms with Crippen LogP contribution >= 0.6 is 0 Å². The number of rotatable bonds is 6. The zero-order valence-corrected chi connectivity index (χ0v) is 26.2. The highest BCUT2D eigenvalue weighted by Crippen LogP contribution is 2.44. The average molecular weight is 612 g/mol. The number of aryl methyl sites for hydroxylation is 1. The maximum absolute atomic E-state index is 15.9. The number of methoxy groups -OCH3 is 1. The van der Waals surface area contributed by atoms with Gasteiger partial charge in [-0.2, -0.15) is 5.10 Å². The summed E-state index contributed by atoms with van der Waals surface area (Å²) < 4.78 is 48.9. The van der Waals surface area contributed by atoms with E-state index in [0.29, 0.717) is 58.0 Å². The lowest BCUT2D eigenvalue weighted by molar-refractivity contribution is -0.164. The Labute approximate surface area is 260 Å². The molecule has 0 radical (unpaired) electrons. The van der Waals surface area contributed by atoms with E-state index in [1.807, 2.05) is 58.0 Å². The van der Waals surface area contributed by atoms with Crippen LogP contribution in [-0.2, 0) is 20.7 Å². The van der Waals surface area contributed by atoms with Gasteiger partial charge in [-0.3, -0.25) is 0 Å². The summed E-state index contributed by atoms with van der Waals surface area (Å²) in [4.78, 5) is 18.5. The topological polar surface area (TPSA) is 75.0 Å². The first kappa shape index (κ1) is 30.4. The minimum atomic E-state index is -1.20. The van der Waals surface area contributed by atoms with Gasteiger partial charge in [-0.25, -0.2) is 23.1 Å². The molecule has 232 valence electrons. The lowest BCUT2D eigenvalue weighted by atomic mass is 9.90. The van der Waals surface area contributed by atoms with Crippen LogP contribution < -0.4 is 4.74 Å². The minimum absolute atomic E-state index is 0.249. The quantitative estimate of drug-likeness (QED) is 0.181. The number of fused-ring (bicyclic) bond motifs is 2. The first-order valence-electron chi connectivity index (χ1n) is 14.9. The molecule has 1 aliphatic rings. The van der Waals surface area contributed by atoms with Crippen LogP contribution in [-0.4, -0.2) is 39.9 Å². The second kappa shape index (κ2) is 11.7. The van der Waals surface area contributed by atoms with E-state index in [0.717, 1.165) is 23.1 Å². The number of esters is 1. The first-order chi connectivity index (χ1) is 21.5. The molecule has 0 saturated heterocycles. The standard InChI is InChI=1S/C36H35F2N3O4/c1-20-25-13-10-18-44-32(25)27(38)19-26(20)31-28(33(35(42)43-6)45-36(3,4)5)21(2)39-34-29(22-14-16-24(37)17-15-22)30(40-41(31)34)23-11-8-7-9-12-23/h7-9,11-12,14-17,19,33H,10,13,18H2,1-6H3. The molecule has 5 aromatic rings. The lowest BCUT2D eigenvalue weighted by Gasteiger charge is -2.29. The maximum Gasteiger partial charge on any atom is 0.339 e. The minimum Gasteiger partial charge on any atom is -0.490 e. The van der Waals surface area contributed by atoms with Gasteiger partial charge in [-0.1, -0.05) is 42.5 Å². The van der Waals surface area contributed by atoms with Crippen molar-refractivity contribution in [1.29, 1.82) is 0 Å². The molecule has 0 saturated carbocycles. The Hall–Kier alpha value is -4.63. The molecule has 45 heavy (non-hydrogen) atoms. The summed E-state index contributed by atoms with van der Waals surface area (Å²) in [7, 11) is 1.30. The summed E-state index contributed by atoms with van der Waals surface area (Å²) >= 11 is 0. The van der Waals surface area contributed by atoms with Crippen molar-refractivity contribution >= 4 is 11.6 Å². The van der Waals surface area contributed by atoms with Crippen molar-refractivity contribution in [2.75, 3.05) is 13.7 Å². The number of nitrogens with zero attached hydrogens (tertiary/aromatic N) is 3. The van der Waals surface area contributed by atoms with E-state index in [2.05, 4.69) is 0 Å². The van der Waals surface area contributed by atoms with Crippen molar-refractivity contribution < 1.29 is 27.8 Å². The molecule has 7 nitrogen and oxygen atoms in total. The van der Waals surface area contributed by atoms with E-state index in [-0.39, 0.29) is 11.6 Å². The third-order valence-corrected chi connectivity index (χ3v) is 8.01. The number of ether oxygens (including phenoxy) is 3. The van der Waals surface area contributed by atoms with Crippen molar-refractivity contribution in [3.05, 3.63) is 94.7 Å². The molecule has 3 heterocycles. The highest BCUT2D eigenvalue weighted by molar-refractivity contribution is 5.93. The smallest absolute Gasteiger partial charge is 0.339 e. The maximum atomic E-state index is 15.9. The van der Waals surface area contributed by atoms with Gasteiger partial charge in [0.05, 0.1) is 30.6 Å². The van der Waals surface area contributed by atoms with E-state index in [9.17, 15) is 9.18 Å². The van der Waals surface area contributed by atoms with Gasteiger partial charge in [-0.05, 0) is 76.8 Å². The van der Waals surface area contributed by atoms with Gasteiger partial charge in [0, 0.05) is 27.9 Å². The molecule has 2 aromatic heterocycles. The molecule has 1 unspecified atom stereocenters. The molecule has 0 amide bonds. The number of aromatic nitrogens is 3. The van der Waals surface area contributed by atoms with Crippen LogP contribution in [0.1, 0.15) is 55.7 Å². The fourth-order valence-corrected chi connectivity index (χ4v) is 6.02. The lowest BCUT2D eigenvalue weighted by Crippen LogP contribution is -2.30. The molecule has 0 N–H and O–H groups in total. The van der Waals surface area contributed by atoms with Gasteiger partial charge >= 0.3 is 5.97 Å². The van der Waals surface area contributed by atoms with Gasteiger partial charge in [0.1, 0.15) is 11.5 Å². The summed E-state index contributed by atoms with van der Waals surface area (Å²) in [6, 6.07) is 17.2. The average Bonchev–Trinajstić information content (AvgIpc) is 3.40. The summed E-state index contributed by atoms with van der Waals surface area (Å²) in [6.45, 7) is 9.69. The second-order valence-corrected chi connectivity index (χ2v) is 12.2. The van der Waals surface area contributed by atoms with Gasteiger partial charge in [-0.15, -0.1) is 0 Å². The van der Waals surface area contributed by atoms with Crippen LogP contribution in [0.3, 0.4) is 0 Å². The van der Waals surface area contributed by atoms with Crippen LogP contribution in [0, 0.1) is 25.5 Å². The second-order valence-electron chi connectivity index (χ2n) is 12.2. The van der Waals surface area contributed by atoms with Gasteiger partial charge in [0.25, 0.3) is 0 Å². The molecule has 3 aromatic carbocycles. The van der Waals surface area contributed by atoms with Crippen molar-refractivity contribution in [1.82, 2.24) is 14.6 Å². The van der Waals surface area contributed by atoms with Gasteiger partial charge in [0.2, 0.25) is 0 Å². The number of hydrogen-bond donors (Lipinski definition) is 0. The number of hydrogen-bond acceptors (Lipinski definition) is 6. The van der Waals surface area contributed by atoms with Crippen molar-refractivity contribution in [3.8, 4) is 39.4 Å². The van der Waals surface area contributed by atoms with Crippen molar-refractivity contribution in [2.45, 2.75) is 59.2 Å². The fraction of sp³-hybridized carbons (Fsp3) is 0.306. The van der Waals surface area contributed by atoms with Gasteiger partial charge in [0.15, 0.2) is 23.3 Å². The Balaban J connectivity index is 1.79. The predicted octanol–water partition coefficient (Wildman–Crippen LogP) is 7.98. The van der Waals surface area contributed by atoms with Crippen LogP contribution in [0.2, 0.25) is 0 Å². The number of benzene rings is 3. The van der Waals surface area contributed by atoms with E-state index in [1.54, 1.807) is 23.6 Å². The van der Waals surface area contributed by atoms with E-state index in [4.69, 9.17) is 24.3 Å². The summed E-state index contributed by atoms with van der Waals surface area (Å²) in [6.07, 6.45) is 0.194.